The van der Waals surface area contributed by atoms with Crippen molar-refractivity contribution in [1.29, 1.82) is 0 Å². The van der Waals surface area contributed by atoms with Gasteiger partial charge in [-0.2, -0.15) is 0 Å². The fourth-order valence-corrected chi connectivity index (χ4v) is 5.21. The van der Waals surface area contributed by atoms with Crippen molar-refractivity contribution < 1.29 is 23.8 Å². The number of nitrogens with zero attached hydrogens (tertiary/aromatic N) is 4. The molecule has 12 heteroatoms. The summed E-state index contributed by atoms with van der Waals surface area (Å²) in [4.78, 5) is 31.5. The summed E-state index contributed by atoms with van der Waals surface area (Å²) in [6, 6.07) is 7.47. The number of carbonyl (C=O) groups is 2. The van der Waals surface area contributed by atoms with E-state index in [0.29, 0.717) is 50.9 Å². The lowest BCUT2D eigenvalue weighted by Gasteiger charge is -2.31. The molecule has 0 saturated carbocycles. The number of methoxy groups -OCH3 is 1. The number of aromatic nitrogens is 3. The molecule has 192 valence electrons. The molecule has 0 aliphatic carbocycles. The lowest BCUT2D eigenvalue weighted by Crippen LogP contribution is -2.40. The summed E-state index contributed by atoms with van der Waals surface area (Å²) in [6.07, 6.45) is 1.63. The number of anilines is 1. The first-order chi connectivity index (χ1) is 17.6. The second kappa shape index (κ2) is 13.5. The van der Waals surface area contributed by atoms with Crippen molar-refractivity contribution in [3.63, 3.8) is 0 Å². The van der Waals surface area contributed by atoms with Gasteiger partial charge in [0.05, 0.1) is 31.4 Å². The summed E-state index contributed by atoms with van der Waals surface area (Å²) in [5.41, 5.74) is 2.85. The van der Waals surface area contributed by atoms with Gasteiger partial charge < -0.3 is 24.4 Å². The van der Waals surface area contributed by atoms with Crippen molar-refractivity contribution in [2.45, 2.75) is 18.8 Å². The van der Waals surface area contributed by atoms with Gasteiger partial charge >= 0.3 is 0 Å². The second-order valence-corrected chi connectivity index (χ2v) is 9.70. The number of likely N-dealkylation sites (tertiary alicyclic amines) is 1. The molecule has 1 N–H and O–H groups in total. The zero-order valence-corrected chi connectivity index (χ0v) is 21.7. The van der Waals surface area contributed by atoms with Crippen molar-refractivity contribution in [3.05, 3.63) is 45.7 Å². The van der Waals surface area contributed by atoms with Crippen molar-refractivity contribution in [2.75, 3.05) is 58.6 Å². The largest absolute Gasteiger partial charge is 0.382 e. The van der Waals surface area contributed by atoms with Crippen LogP contribution in [0, 0.1) is 0 Å². The van der Waals surface area contributed by atoms with E-state index in [9.17, 15) is 9.59 Å². The predicted octanol–water partition coefficient (Wildman–Crippen LogP) is 3.30. The highest BCUT2D eigenvalue weighted by Crippen LogP contribution is 2.30. The highest BCUT2D eigenvalue weighted by molar-refractivity contribution is 7.10. The number of hydrogen-bond acceptors (Lipinski definition) is 10. The maximum atomic E-state index is 12.7. The van der Waals surface area contributed by atoms with Crippen LogP contribution in [-0.4, -0.2) is 84.5 Å². The molecule has 2 aromatic heterocycles. The molecule has 0 atom stereocenters. The molecular weight excluding hydrogens is 502 g/mol. The molecule has 0 bridgehead atoms. The number of thiazole rings is 1. The van der Waals surface area contributed by atoms with E-state index < -0.39 is 0 Å². The molecule has 0 unspecified atom stereocenters. The Balaban J connectivity index is 1.19. The Kier molecular flexibility index (Phi) is 9.87. The predicted molar refractivity (Wildman–Crippen MR) is 137 cm³/mol. The quantitative estimate of drug-likeness (QED) is 0.354. The molecule has 3 heterocycles. The van der Waals surface area contributed by atoms with Crippen LogP contribution >= 0.6 is 22.9 Å². The molecule has 36 heavy (non-hydrogen) atoms. The summed E-state index contributed by atoms with van der Waals surface area (Å²) in [6.45, 7) is 3.23. The third kappa shape index (κ3) is 7.37. The van der Waals surface area contributed by atoms with E-state index in [1.165, 1.54) is 22.9 Å². The minimum absolute atomic E-state index is 0.0124. The molecule has 3 aromatic rings. The van der Waals surface area contributed by atoms with E-state index in [4.69, 9.17) is 14.2 Å². The average molecular weight is 532 g/mol. The number of amides is 2. The normalized spacial score (nSPS) is 14.2. The van der Waals surface area contributed by atoms with E-state index in [2.05, 4.69) is 19.9 Å². The van der Waals surface area contributed by atoms with Crippen molar-refractivity contribution >= 4 is 40.4 Å². The Morgan fingerprint density at radius 3 is 2.53 bits per heavy atom. The first-order valence-corrected chi connectivity index (χ1v) is 13.4. The monoisotopic (exact) mass is 531 g/mol. The Morgan fingerprint density at radius 1 is 1.06 bits per heavy atom. The number of hydrogen-bond donors (Lipinski definition) is 1. The summed E-state index contributed by atoms with van der Waals surface area (Å²) in [5.74, 6) is -0.0140. The SMILES string of the molecule is COCCOCCOCC(=O)N1CCC(c2nc(C(=O)Nc3ccc(-c4csnn4)cc3)cs2)CC1. The second-order valence-electron chi connectivity index (χ2n) is 8.21. The standard InChI is InChI=1S/C24H29N5O5S2/c1-32-10-11-33-12-13-34-14-22(30)29-8-6-18(7-9-29)24-26-21(15-35-24)23(31)25-19-4-2-17(3-5-19)20-16-36-28-27-20/h2-5,15-16,18H,6-14H2,1H3,(H,25,31). The fraction of sp³-hybridized carbons (Fsp3) is 0.458. The van der Waals surface area contributed by atoms with Crippen molar-refractivity contribution in [1.82, 2.24) is 19.5 Å². The van der Waals surface area contributed by atoms with Gasteiger partial charge in [0.25, 0.3) is 5.91 Å². The van der Waals surface area contributed by atoms with Gasteiger partial charge in [-0.25, -0.2) is 4.98 Å². The molecule has 1 aromatic carbocycles. The molecule has 10 nitrogen and oxygen atoms in total. The average Bonchev–Trinajstić information content (AvgIpc) is 3.62. The summed E-state index contributed by atoms with van der Waals surface area (Å²) >= 11 is 2.79. The number of rotatable bonds is 12. The third-order valence-electron chi connectivity index (χ3n) is 5.78. The summed E-state index contributed by atoms with van der Waals surface area (Å²) < 4.78 is 19.5. The van der Waals surface area contributed by atoms with Gasteiger partial charge in [-0.05, 0) is 36.5 Å². The van der Waals surface area contributed by atoms with Crippen LogP contribution in [-0.2, 0) is 19.0 Å². The fourth-order valence-electron chi connectivity index (χ4n) is 3.78. The molecule has 0 radical (unpaired) electrons. The van der Waals surface area contributed by atoms with Crippen LogP contribution in [0.3, 0.4) is 0 Å². The topological polar surface area (TPSA) is 116 Å². The van der Waals surface area contributed by atoms with E-state index in [1.54, 1.807) is 12.5 Å². The lowest BCUT2D eigenvalue weighted by molar-refractivity contribution is -0.137. The molecule has 0 spiro atoms. The number of piperidine rings is 1. The van der Waals surface area contributed by atoms with Gasteiger partial charge in [-0.3, -0.25) is 9.59 Å². The van der Waals surface area contributed by atoms with Crippen molar-refractivity contribution in [3.8, 4) is 11.3 Å². The Hall–Kier alpha value is -2.77. The molecular formula is C24H29N5O5S2. The summed E-state index contributed by atoms with van der Waals surface area (Å²) in [7, 11) is 1.62. The van der Waals surface area contributed by atoms with Crippen LogP contribution in [0.4, 0.5) is 5.69 Å². The van der Waals surface area contributed by atoms with Crippen LogP contribution in [0.1, 0.15) is 34.3 Å². The number of carbonyl (C=O) groups excluding carboxylic acids is 2. The van der Waals surface area contributed by atoms with E-state index in [1.807, 2.05) is 34.5 Å². The van der Waals surface area contributed by atoms with Gasteiger partial charge in [0.2, 0.25) is 5.91 Å². The third-order valence-corrected chi connectivity index (χ3v) is 7.29. The highest BCUT2D eigenvalue weighted by Gasteiger charge is 2.26. The molecule has 4 rings (SSSR count). The lowest BCUT2D eigenvalue weighted by atomic mass is 9.97. The van der Waals surface area contributed by atoms with Crippen LogP contribution in [0.15, 0.2) is 35.0 Å². The molecule has 2 amide bonds. The highest BCUT2D eigenvalue weighted by atomic mass is 32.1. The zero-order chi connectivity index (χ0) is 25.2. The maximum absolute atomic E-state index is 12.7. The van der Waals surface area contributed by atoms with E-state index >= 15 is 0 Å². The van der Waals surface area contributed by atoms with Crippen LogP contribution < -0.4 is 5.32 Å². The zero-order valence-electron chi connectivity index (χ0n) is 20.1. The van der Waals surface area contributed by atoms with Gasteiger partial charge in [0.1, 0.15) is 18.0 Å². The number of ether oxygens (including phenoxy) is 3. The first kappa shape index (κ1) is 26.3. The van der Waals surface area contributed by atoms with Crippen LogP contribution in [0.2, 0.25) is 0 Å². The summed E-state index contributed by atoms with van der Waals surface area (Å²) in [5, 5.41) is 11.5. The number of nitrogens with one attached hydrogen (secondary N) is 1. The van der Waals surface area contributed by atoms with Gasteiger partial charge in [-0.15, -0.1) is 16.4 Å². The van der Waals surface area contributed by atoms with Crippen molar-refractivity contribution in [2.24, 2.45) is 0 Å². The Morgan fingerprint density at radius 2 is 1.81 bits per heavy atom. The first-order valence-electron chi connectivity index (χ1n) is 11.7. The van der Waals surface area contributed by atoms with E-state index in [-0.39, 0.29) is 24.3 Å². The Labute approximate surface area is 217 Å². The molecule has 1 aliphatic rings. The van der Waals surface area contributed by atoms with Gasteiger partial charge in [-0.1, -0.05) is 16.6 Å². The number of benzene rings is 1. The van der Waals surface area contributed by atoms with Crippen LogP contribution in [0.25, 0.3) is 11.3 Å². The van der Waals surface area contributed by atoms with E-state index in [0.717, 1.165) is 29.1 Å². The van der Waals surface area contributed by atoms with Gasteiger partial charge in [0, 0.05) is 48.1 Å². The van der Waals surface area contributed by atoms with Gasteiger partial charge in [0.15, 0.2) is 0 Å². The molecule has 1 saturated heterocycles. The Bertz CT molecular complexity index is 1100. The maximum Gasteiger partial charge on any atom is 0.275 e. The minimum Gasteiger partial charge on any atom is -0.382 e. The molecule has 1 aliphatic heterocycles. The van der Waals surface area contributed by atoms with Crippen LogP contribution in [0.5, 0.6) is 0 Å². The smallest absolute Gasteiger partial charge is 0.275 e. The minimum atomic E-state index is -0.239. The molecule has 1 fully saturated rings.